The topological polar surface area (TPSA) is 93.7 Å². The lowest BCUT2D eigenvalue weighted by molar-refractivity contribution is 0.0576. The van der Waals surface area contributed by atoms with E-state index in [1.807, 2.05) is 0 Å². The molecule has 0 saturated carbocycles. The van der Waals surface area contributed by atoms with Gasteiger partial charge in [-0.25, -0.2) is 22.3 Å². The molecule has 10 heteroatoms. The third-order valence-corrected chi connectivity index (χ3v) is 5.83. The molecule has 2 N–H and O–H groups in total. The Kier molecular flexibility index (Phi) is 8.42. The van der Waals surface area contributed by atoms with Crippen LogP contribution in [-0.2, 0) is 19.5 Å². The van der Waals surface area contributed by atoms with Crippen molar-refractivity contribution in [2.75, 3.05) is 40.5 Å². The maximum absolute atomic E-state index is 13.6. The van der Waals surface area contributed by atoms with Crippen LogP contribution in [-0.4, -0.2) is 54.8 Å². The number of ether oxygens (including phenoxy) is 2. The average molecular weight is 411 g/mol. The Hall–Kier alpha value is -1.26. The van der Waals surface area contributed by atoms with Crippen LogP contribution in [0, 0.1) is 11.2 Å². The SMILES string of the molecule is COCC1(CNS(=O)(=O)c2cc(F)ccc2C(=O)OC)CCNCC1.Cl. The number of hydrogen-bond acceptors (Lipinski definition) is 6. The Balaban J connectivity index is 0.00000338. The van der Waals surface area contributed by atoms with Gasteiger partial charge in [-0.3, -0.25) is 0 Å². The molecule has 1 saturated heterocycles. The highest BCUT2D eigenvalue weighted by Crippen LogP contribution is 2.29. The van der Waals surface area contributed by atoms with Gasteiger partial charge in [0, 0.05) is 19.1 Å². The maximum atomic E-state index is 13.6. The van der Waals surface area contributed by atoms with Crippen LogP contribution in [0.25, 0.3) is 0 Å². The Labute approximate surface area is 159 Å². The lowest BCUT2D eigenvalue weighted by atomic mass is 9.80. The monoisotopic (exact) mass is 410 g/mol. The highest BCUT2D eigenvalue weighted by Gasteiger charge is 2.34. The number of nitrogens with one attached hydrogen (secondary N) is 2. The first-order valence-electron chi connectivity index (χ1n) is 7.91. The highest BCUT2D eigenvalue weighted by atomic mass is 35.5. The van der Waals surface area contributed by atoms with Crippen LogP contribution in [0.5, 0.6) is 0 Å². The van der Waals surface area contributed by atoms with Crippen LogP contribution in [0.3, 0.4) is 0 Å². The zero-order valence-electron chi connectivity index (χ0n) is 14.7. The van der Waals surface area contributed by atoms with Crippen LogP contribution in [0.1, 0.15) is 23.2 Å². The molecule has 0 spiro atoms. The van der Waals surface area contributed by atoms with Gasteiger partial charge in [0.1, 0.15) is 5.82 Å². The van der Waals surface area contributed by atoms with Crippen molar-refractivity contribution < 1.29 is 27.1 Å². The van der Waals surface area contributed by atoms with Crippen LogP contribution >= 0.6 is 12.4 Å². The van der Waals surface area contributed by atoms with Crippen molar-refractivity contribution in [3.05, 3.63) is 29.6 Å². The van der Waals surface area contributed by atoms with E-state index in [9.17, 15) is 17.6 Å². The fraction of sp³-hybridized carbons (Fsp3) is 0.562. The summed E-state index contributed by atoms with van der Waals surface area (Å²) in [6.45, 7) is 2.07. The lowest BCUT2D eigenvalue weighted by Gasteiger charge is -2.37. The normalized spacial score (nSPS) is 16.6. The lowest BCUT2D eigenvalue weighted by Crippen LogP contribution is -2.47. The summed E-state index contributed by atoms with van der Waals surface area (Å²) in [6, 6.07) is 2.94. The summed E-state index contributed by atoms with van der Waals surface area (Å²) >= 11 is 0. The molecule has 1 heterocycles. The fourth-order valence-corrected chi connectivity index (χ4v) is 4.32. The minimum atomic E-state index is -4.09. The Bertz CT molecular complexity index is 718. The summed E-state index contributed by atoms with van der Waals surface area (Å²) in [7, 11) is -1.38. The number of esters is 1. The number of sulfonamides is 1. The summed E-state index contributed by atoms with van der Waals surface area (Å²) in [5.41, 5.74) is -0.547. The number of hydrogen-bond donors (Lipinski definition) is 2. The van der Waals surface area contributed by atoms with Gasteiger partial charge in [-0.2, -0.15) is 0 Å². The van der Waals surface area contributed by atoms with Crippen LogP contribution in [0.4, 0.5) is 4.39 Å². The molecule has 1 fully saturated rings. The van der Waals surface area contributed by atoms with Crippen molar-refractivity contribution in [3.8, 4) is 0 Å². The molecule has 0 aliphatic carbocycles. The van der Waals surface area contributed by atoms with E-state index < -0.39 is 26.7 Å². The van der Waals surface area contributed by atoms with Crippen molar-refractivity contribution >= 4 is 28.4 Å². The molecule has 1 aromatic rings. The predicted octanol–water partition coefficient (Wildman–Crippen LogP) is 1.33. The molecule has 7 nitrogen and oxygen atoms in total. The van der Waals surface area contributed by atoms with Crippen molar-refractivity contribution in [1.29, 1.82) is 0 Å². The molecule has 0 aromatic heterocycles. The van der Waals surface area contributed by atoms with Gasteiger partial charge in [-0.1, -0.05) is 0 Å². The molecule has 0 amide bonds. The smallest absolute Gasteiger partial charge is 0.339 e. The second kappa shape index (κ2) is 9.61. The number of benzene rings is 1. The molecule has 148 valence electrons. The van der Waals surface area contributed by atoms with E-state index >= 15 is 0 Å². The molecule has 0 bridgehead atoms. The number of rotatable bonds is 7. The molecule has 0 atom stereocenters. The van der Waals surface area contributed by atoms with E-state index in [4.69, 9.17) is 4.74 Å². The van der Waals surface area contributed by atoms with Gasteiger partial charge in [0.15, 0.2) is 0 Å². The van der Waals surface area contributed by atoms with Gasteiger partial charge < -0.3 is 14.8 Å². The largest absolute Gasteiger partial charge is 0.465 e. The van der Waals surface area contributed by atoms with Gasteiger partial charge in [-0.15, -0.1) is 12.4 Å². The summed E-state index contributed by atoms with van der Waals surface area (Å²) < 4.78 is 51.3. The van der Waals surface area contributed by atoms with Crippen molar-refractivity contribution in [2.24, 2.45) is 5.41 Å². The third kappa shape index (κ3) is 5.37. The van der Waals surface area contributed by atoms with Gasteiger partial charge in [0.2, 0.25) is 10.0 Å². The van der Waals surface area contributed by atoms with E-state index in [2.05, 4.69) is 14.8 Å². The average Bonchev–Trinajstić information content (AvgIpc) is 2.60. The quantitative estimate of drug-likeness (QED) is 0.659. The standard InChI is InChI=1S/C16H23FN2O5S.ClH/c1-23-11-16(5-7-18-8-6-16)10-19-25(21,22)14-9-12(17)3-4-13(14)15(20)24-2;/h3-4,9,18-19H,5-8,10-11H2,1-2H3;1H. The number of methoxy groups -OCH3 is 2. The molecule has 0 unspecified atom stereocenters. The first kappa shape index (κ1) is 22.8. The highest BCUT2D eigenvalue weighted by molar-refractivity contribution is 7.89. The van der Waals surface area contributed by atoms with Crippen LogP contribution in [0.2, 0.25) is 0 Å². The molecular weight excluding hydrogens is 387 g/mol. The van der Waals surface area contributed by atoms with E-state index in [1.54, 1.807) is 7.11 Å². The van der Waals surface area contributed by atoms with E-state index in [0.717, 1.165) is 51.2 Å². The van der Waals surface area contributed by atoms with Gasteiger partial charge >= 0.3 is 5.97 Å². The van der Waals surface area contributed by atoms with E-state index in [1.165, 1.54) is 0 Å². The Morgan fingerprint density at radius 3 is 2.54 bits per heavy atom. The molecule has 2 rings (SSSR count). The zero-order valence-corrected chi connectivity index (χ0v) is 16.3. The zero-order chi connectivity index (χ0) is 18.5. The number of carbonyl (C=O) groups is 1. The van der Waals surface area contributed by atoms with Gasteiger partial charge in [-0.05, 0) is 44.1 Å². The van der Waals surface area contributed by atoms with E-state index in [-0.39, 0.29) is 29.9 Å². The fourth-order valence-electron chi connectivity index (χ4n) is 2.96. The van der Waals surface area contributed by atoms with Crippen LogP contribution < -0.4 is 10.0 Å². The summed E-state index contributed by atoms with van der Waals surface area (Å²) in [5, 5.41) is 3.22. The molecule has 1 aliphatic rings. The second-order valence-corrected chi connectivity index (χ2v) is 7.88. The first-order chi connectivity index (χ1) is 11.8. The van der Waals surface area contributed by atoms with Crippen molar-refractivity contribution in [2.45, 2.75) is 17.7 Å². The summed E-state index contributed by atoms with van der Waals surface area (Å²) in [6.07, 6.45) is 1.49. The number of piperidine rings is 1. The predicted molar refractivity (Wildman–Crippen MR) is 96.6 cm³/mol. The number of carbonyl (C=O) groups excluding carboxylic acids is 1. The van der Waals surface area contributed by atoms with Gasteiger partial charge in [0.05, 0.1) is 24.2 Å². The number of halogens is 2. The minimum Gasteiger partial charge on any atom is -0.465 e. The van der Waals surface area contributed by atoms with Gasteiger partial charge in [0.25, 0.3) is 0 Å². The molecule has 26 heavy (non-hydrogen) atoms. The van der Waals surface area contributed by atoms with E-state index in [0.29, 0.717) is 6.61 Å². The van der Waals surface area contributed by atoms with Crippen molar-refractivity contribution in [1.82, 2.24) is 10.0 Å². The molecule has 0 radical (unpaired) electrons. The maximum Gasteiger partial charge on any atom is 0.339 e. The first-order valence-corrected chi connectivity index (χ1v) is 9.39. The Morgan fingerprint density at radius 1 is 1.31 bits per heavy atom. The Morgan fingerprint density at radius 2 is 1.96 bits per heavy atom. The minimum absolute atomic E-state index is 0. The molecule has 1 aromatic carbocycles. The summed E-state index contributed by atoms with van der Waals surface area (Å²) in [4.78, 5) is 11.4. The molecular formula is C16H24ClFN2O5S. The van der Waals surface area contributed by atoms with Crippen molar-refractivity contribution in [3.63, 3.8) is 0 Å². The second-order valence-electron chi connectivity index (χ2n) is 6.14. The third-order valence-electron chi connectivity index (χ3n) is 4.39. The van der Waals surface area contributed by atoms with Crippen LogP contribution in [0.15, 0.2) is 23.1 Å². The molecule has 1 aliphatic heterocycles. The summed E-state index contributed by atoms with van der Waals surface area (Å²) in [5.74, 6) is -1.59.